The molecule has 0 aliphatic rings. The lowest BCUT2D eigenvalue weighted by Crippen LogP contribution is -2.20. The van der Waals surface area contributed by atoms with E-state index in [0.29, 0.717) is 0 Å². The van der Waals surface area contributed by atoms with Crippen LogP contribution in [0.5, 0.6) is 0 Å². The number of nitrogens with one attached hydrogen (secondary N) is 2. The zero-order valence-corrected chi connectivity index (χ0v) is 9.49. The van der Waals surface area contributed by atoms with Crippen LogP contribution in [-0.2, 0) is 0 Å². The molecule has 0 saturated heterocycles. The molecule has 0 aliphatic carbocycles. The van der Waals surface area contributed by atoms with Gasteiger partial charge >= 0.3 is 5.69 Å². The average molecular weight is 260 g/mol. The molecule has 0 radical (unpaired) electrons. The first kappa shape index (κ1) is 12.4. The molecular formula is C11H8N4O4. The summed E-state index contributed by atoms with van der Waals surface area (Å²) in [6.45, 7) is 0. The van der Waals surface area contributed by atoms with Crippen LogP contribution in [0.2, 0.25) is 0 Å². The maximum absolute atomic E-state index is 11.4. The molecule has 2 aromatic rings. The van der Waals surface area contributed by atoms with Crippen LogP contribution < -0.4 is 11.2 Å². The summed E-state index contributed by atoms with van der Waals surface area (Å²) in [5.41, 5.74) is -1.21. The van der Waals surface area contributed by atoms with Gasteiger partial charge in [-0.3, -0.25) is 19.9 Å². The summed E-state index contributed by atoms with van der Waals surface area (Å²) < 4.78 is 0. The fourth-order valence-corrected chi connectivity index (χ4v) is 1.40. The Morgan fingerprint density at radius 2 is 2.00 bits per heavy atom. The Bertz CT molecular complexity index is 760. The van der Waals surface area contributed by atoms with Crippen molar-refractivity contribution in [2.24, 2.45) is 4.99 Å². The number of para-hydroxylation sites is 1. The minimum Gasteiger partial charge on any atom is -0.312 e. The number of benzene rings is 1. The maximum atomic E-state index is 11.4. The smallest absolute Gasteiger partial charge is 0.312 e. The number of hydrogen-bond acceptors (Lipinski definition) is 5. The van der Waals surface area contributed by atoms with Crippen molar-refractivity contribution in [2.45, 2.75) is 0 Å². The lowest BCUT2D eigenvalue weighted by Gasteiger charge is -1.96. The Hall–Kier alpha value is -3.03. The van der Waals surface area contributed by atoms with Crippen LogP contribution in [0.3, 0.4) is 0 Å². The van der Waals surface area contributed by atoms with Crippen molar-refractivity contribution >= 4 is 17.6 Å². The van der Waals surface area contributed by atoms with Crippen LogP contribution in [0, 0.1) is 10.1 Å². The molecule has 1 aromatic heterocycles. The van der Waals surface area contributed by atoms with E-state index < -0.39 is 16.2 Å². The van der Waals surface area contributed by atoms with E-state index in [-0.39, 0.29) is 16.9 Å². The topological polar surface area (TPSA) is 121 Å². The Labute approximate surface area is 105 Å². The van der Waals surface area contributed by atoms with Gasteiger partial charge in [0.15, 0.2) is 0 Å². The molecule has 0 spiro atoms. The summed E-state index contributed by atoms with van der Waals surface area (Å²) in [6, 6.07) is 5.98. The van der Waals surface area contributed by atoms with Crippen LogP contribution in [0.15, 0.2) is 45.0 Å². The number of H-pyrrole nitrogens is 2. The number of aromatic nitrogens is 2. The highest BCUT2D eigenvalue weighted by Crippen LogP contribution is 2.16. The Kier molecular flexibility index (Phi) is 3.33. The van der Waals surface area contributed by atoms with Gasteiger partial charge in [-0.1, -0.05) is 12.1 Å². The minimum absolute atomic E-state index is 0.0437. The third-order valence-electron chi connectivity index (χ3n) is 2.28. The van der Waals surface area contributed by atoms with Crippen molar-refractivity contribution in [3.63, 3.8) is 0 Å². The van der Waals surface area contributed by atoms with Crippen LogP contribution in [-0.4, -0.2) is 21.1 Å². The fourth-order valence-electron chi connectivity index (χ4n) is 1.40. The van der Waals surface area contributed by atoms with Crippen molar-refractivity contribution in [1.82, 2.24) is 9.97 Å². The van der Waals surface area contributed by atoms with Gasteiger partial charge in [0.1, 0.15) is 5.69 Å². The van der Waals surface area contributed by atoms with E-state index >= 15 is 0 Å². The van der Waals surface area contributed by atoms with E-state index in [4.69, 9.17) is 0 Å². The molecule has 0 saturated carbocycles. The van der Waals surface area contributed by atoms with Crippen LogP contribution in [0.25, 0.3) is 0 Å². The van der Waals surface area contributed by atoms with Crippen molar-refractivity contribution in [2.75, 3.05) is 0 Å². The highest BCUT2D eigenvalue weighted by molar-refractivity contribution is 5.86. The van der Waals surface area contributed by atoms with Gasteiger partial charge in [0.2, 0.25) is 0 Å². The number of nitro groups is 1. The van der Waals surface area contributed by atoms with E-state index in [0.717, 1.165) is 6.20 Å². The van der Waals surface area contributed by atoms with Gasteiger partial charge in [-0.05, 0) is 6.07 Å². The molecule has 0 bridgehead atoms. The number of nitrogens with zero attached hydrogens (tertiary/aromatic N) is 2. The number of hydrogen-bond donors (Lipinski definition) is 2. The van der Waals surface area contributed by atoms with E-state index in [9.17, 15) is 19.7 Å². The Morgan fingerprint density at radius 3 is 2.68 bits per heavy atom. The number of aromatic amines is 2. The molecule has 19 heavy (non-hydrogen) atoms. The number of aliphatic imine (C=N–C) groups is 1. The maximum Gasteiger partial charge on any atom is 0.325 e. The molecule has 0 fully saturated rings. The highest BCUT2D eigenvalue weighted by atomic mass is 16.6. The lowest BCUT2D eigenvalue weighted by atomic mass is 10.2. The molecule has 2 N–H and O–H groups in total. The van der Waals surface area contributed by atoms with E-state index in [1.165, 1.54) is 24.4 Å². The first-order chi connectivity index (χ1) is 9.08. The van der Waals surface area contributed by atoms with Gasteiger partial charge in [0.05, 0.1) is 10.5 Å². The molecule has 0 aliphatic heterocycles. The van der Waals surface area contributed by atoms with Gasteiger partial charge in [-0.15, -0.1) is 0 Å². The van der Waals surface area contributed by atoms with E-state index in [1.54, 1.807) is 6.07 Å². The molecule has 8 nitrogen and oxygen atoms in total. The Balaban J connectivity index is 2.41. The van der Waals surface area contributed by atoms with E-state index in [2.05, 4.69) is 9.98 Å². The molecule has 0 unspecified atom stereocenters. The first-order valence-corrected chi connectivity index (χ1v) is 5.17. The quantitative estimate of drug-likeness (QED) is 0.479. The van der Waals surface area contributed by atoms with Crippen molar-refractivity contribution < 1.29 is 4.92 Å². The predicted octanol–water partition coefficient (Wildman–Crippen LogP) is 0.722. The molecular weight excluding hydrogens is 252 g/mol. The fraction of sp³-hybridized carbons (Fsp3) is 0. The molecule has 96 valence electrons. The summed E-state index contributed by atoms with van der Waals surface area (Å²) in [5.74, 6) is 0. The summed E-state index contributed by atoms with van der Waals surface area (Å²) in [7, 11) is 0. The molecule has 1 heterocycles. The summed E-state index contributed by atoms with van der Waals surface area (Å²) in [6.07, 6.45) is 2.33. The monoisotopic (exact) mass is 260 g/mol. The summed E-state index contributed by atoms with van der Waals surface area (Å²) >= 11 is 0. The highest BCUT2D eigenvalue weighted by Gasteiger charge is 2.10. The SMILES string of the molecule is O=c1[nH]cc(N=Cc2ccccc2[N+](=O)[O-])c(=O)[nH]1. The van der Waals surface area contributed by atoms with Gasteiger partial charge in [-0.25, -0.2) is 9.79 Å². The van der Waals surface area contributed by atoms with Crippen LogP contribution in [0.1, 0.15) is 5.56 Å². The number of nitro benzene ring substituents is 1. The van der Waals surface area contributed by atoms with Crippen molar-refractivity contribution in [3.05, 3.63) is 67.0 Å². The minimum atomic E-state index is -0.668. The third kappa shape index (κ3) is 2.80. The van der Waals surface area contributed by atoms with Crippen LogP contribution in [0.4, 0.5) is 11.4 Å². The second-order valence-corrected chi connectivity index (χ2v) is 3.53. The molecule has 2 rings (SSSR count). The third-order valence-corrected chi connectivity index (χ3v) is 2.28. The Morgan fingerprint density at radius 1 is 1.26 bits per heavy atom. The van der Waals surface area contributed by atoms with Crippen molar-refractivity contribution in [3.8, 4) is 0 Å². The molecule has 8 heteroatoms. The predicted molar refractivity (Wildman–Crippen MR) is 68.0 cm³/mol. The standard InChI is InChI=1S/C11H8N4O4/c16-10-8(6-13-11(17)14-10)12-5-7-3-1-2-4-9(7)15(18)19/h1-6H,(H2,13,14,16,17). The second-order valence-electron chi connectivity index (χ2n) is 3.53. The summed E-state index contributed by atoms with van der Waals surface area (Å²) in [5, 5.41) is 10.8. The van der Waals surface area contributed by atoms with Crippen LogP contribution >= 0.6 is 0 Å². The van der Waals surface area contributed by atoms with Gasteiger partial charge in [-0.2, -0.15) is 0 Å². The van der Waals surface area contributed by atoms with Gasteiger partial charge in [0.25, 0.3) is 11.2 Å². The second kappa shape index (κ2) is 5.08. The average Bonchev–Trinajstić information content (AvgIpc) is 2.38. The largest absolute Gasteiger partial charge is 0.325 e. The van der Waals surface area contributed by atoms with Gasteiger partial charge in [0, 0.05) is 18.5 Å². The zero-order valence-electron chi connectivity index (χ0n) is 9.49. The van der Waals surface area contributed by atoms with Gasteiger partial charge < -0.3 is 4.98 Å². The molecule has 1 aromatic carbocycles. The zero-order chi connectivity index (χ0) is 13.8. The normalized spacial score (nSPS) is 10.7. The van der Waals surface area contributed by atoms with E-state index in [1.807, 2.05) is 4.98 Å². The summed E-state index contributed by atoms with van der Waals surface area (Å²) in [4.78, 5) is 40.5. The lowest BCUT2D eigenvalue weighted by molar-refractivity contribution is -0.385. The first-order valence-electron chi connectivity index (χ1n) is 5.17. The molecule has 0 atom stereocenters. The van der Waals surface area contributed by atoms with Crippen molar-refractivity contribution in [1.29, 1.82) is 0 Å². The number of rotatable bonds is 3. The molecule has 0 amide bonds.